The van der Waals surface area contributed by atoms with Crippen molar-refractivity contribution in [1.29, 1.82) is 0 Å². The van der Waals surface area contributed by atoms with Crippen LogP contribution in [0.4, 0.5) is 0 Å². The van der Waals surface area contributed by atoms with Gasteiger partial charge in [0.1, 0.15) is 5.75 Å². The minimum atomic E-state index is 0.533. The number of methoxy groups -OCH3 is 5. The van der Waals surface area contributed by atoms with Crippen molar-refractivity contribution in [2.45, 2.75) is 19.5 Å². The van der Waals surface area contributed by atoms with Crippen molar-refractivity contribution in [3.8, 4) is 28.7 Å². The molecule has 0 atom stereocenters. The van der Waals surface area contributed by atoms with Gasteiger partial charge in [-0.05, 0) is 35.7 Å². The van der Waals surface area contributed by atoms with Crippen molar-refractivity contribution in [3.63, 3.8) is 0 Å². The second-order valence-corrected chi connectivity index (χ2v) is 7.07. The van der Waals surface area contributed by atoms with E-state index < -0.39 is 0 Å². The molecule has 2 aromatic rings. The van der Waals surface area contributed by atoms with Crippen molar-refractivity contribution < 1.29 is 23.7 Å². The standard InChI is InChI=1S/C23H31N3O5/c1-24-23(25-13-16-10-20(29-4)22(31-6)12-18(16)27-2)26-8-7-15-9-19(28-3)21(30-5)11-17(15)14-26/h9-12H,7-8,13-14H2,1-6H3,(H,24,25). The first-order valence-corrected chi connectivity index (χ1v) is 10.1. The zero-order valence-corrected chi connectivity index (χ0v) is 19.1. The minimum absolute atomic E-state index is 0.533. The molecule has 8 nitrogen and oxygen atoms in total. The molecule has 2 aromatic carbocycles. The molecule has 168 valence electrons. The predicted octanol–water partition coefficient (Wildman–Crippen LogP) is 2.86. The van der Waals surface area contributed by atoms with Crippen LogP contribution in [0.2, 0.25) is 0 Å². The Labute approximate surface area is 183 Å². The third kappa shape index (κ3) is 4.73. The van der Waals surface area contributed by atoms with Crippen LogP contribution in [-0.2, 0) is 19.5 Å². The Hall–Kier alpha value is -3.29. The van der Waals surface area contributed by atoms with Gasteiger partial charge in [0.2, 0.25) is 0 Å². The number of guanidine groups is 1. The summed E-state index contributed by atoms with van der Waals surface area (Å²) in [6.45, 7) is 2.12. The fraction of sp³-hybridized carbons (Fsp3) is 0.435. The Balaban J connectivity index is 1.76. The number of fused-ring (bicyclic) bond motifs is 1. The van der Waals surface area contributed by atoms with Crippen LogP contribution in [0, 0.1) is 0 Å². The van der Waals surface area contributed by atoms with E-state index in [2.05, 4.69) is 21.3 Å². The van der Waals surface area contributed by atoms with Gasteiger partial charge in [0, 0.05) is 38.3 Å². The van der Waals surface area contributed by atoms with E-state index >= 15 is 0 Å². The molecule has 1 N–H and O–H groups in total. The van der Waals surface area contributed by atoms with E-state index in [4.69, 9.17) is 23.7 Å². The van der Waals surface area contributed by atoms with Gasteiger partial charge >= 0.3 is 0 Å². The number of benzene rings is 2. The van der Waals surface area contributed by atoms with Crippen molar-refractivity contribution in [3.05, 3.63) is 41.0 Å². The summed E-state index contributed by atoms with van der Waals surface area (Å²) in [5, 5.41) is 3.44. The number of nitrogens with zero attached hydrogens (tertiary/aromatic N) is 2. The summed E-state index contributed by atoms with van der Waals surface area (Å²) < 4.78 is 27.2. The highest BCUT2D eigenvalue weighted by Crippen LogP contribution is 2.35. The average Bonchev–Trinajstić information content (AvgIpc) is 2.82. The zero-order chi connectivity index (χ0) is 22.4. The van der Waals surface area contributed by atoms with Crippen LogP contribution in [0.15, 0.2) is 29.3 Å². The highest BCUT2D eigenvalue weighted by Gasteiger charge is 2.22. The summed E-state index contributed by atoms with van der Waals surface area (Å²) in [7, 11) is 9.97. The molecule has 1 heterocycles. The number of hydrogen-bond acceptors (Lipinski definition) is 6. The molecular formula is C23H31N3O5. The maximum absolute atomic E-state index is 5.54. The van der Waals surface area contributed by atoms with Crippen molar-refractivity contribution in [2.75, 3.05) is 49.1 Å². The number of hydrogen-bond donors (Lipinski definition) is 1. The smallest absolute Gasteiger partial charge is 0.194 e. The van der Waals surface area contributed by atoms with Gasteiger partial charge in [-0.2, -0.15) is 0 Å². The second-order valence-electron chi connectivity index (χ2n) is 7.07. The molecule has 0 aliphatic carbocycles. The molecule has 3 rings (SSSR count). The van der Waals surface area contributed by atoms with Crippen LogP contribution in [0.1, 0.15) is 16.7 Å². The largest absolute Gasteiger partial charge is 0.496 e. The maximum atomic E-state index is 5.54. The highest BCUT2D eigenvalue weighted by molar-refractivity contribution is 5.80. The van der Waals surface area contributed by atoms with Gasteiger partial charge in [-0.3, -0.25) is 4.99 Å². The van der Waals surface area contributed by atoms with Crippen molar-refractivity contribution in [1.82, 2.24) is 10.2 Å². The molecule has 0 saturated carbocycles. The van der Waals surface area contributed by atoms with Gasteiger partial charge in [0.25, 0.3) is 0 Å². The van der Waals surface area contributed by atoms with E-state index in [1.165, 1.54) is 11.1 Å². The SMILES string of the molecule is CN=C(NCc1cc(OC)c(OC)cc1OC)N1CCc2cc(OC)c(OC)cc2C1. The van der Waals surface area contributed by atoms with E-state index in [0.29, 0.717) is 18.0 Å². The molecule has 0 aromatic heterocycles. The molecule has 0 spiro atoms. The number of aliphatic imine (C=N–C) groups is 1. The molecule has 1 aliphatic rings. The average molecular weight is 430 g/mol. The summed E-state index contributed by atoms with van der Waals surface area (Å²) in [4.78, 5) is 6.71. The molecule has 0 unspecified atom stereocenters. The van der Waals surface area contributed by atoms with Crippen molar-refractivity contribution >= 4 is 5.96 Å². The van der Waals surface area contributed by atoms with E-state index in [9.17, 15) is 0 Å². The molecule has 0 bridgehead atoms. The monoisotopic (exact) mass is 429 g/mol. The normalized spacial score (nSPS) is 13.4. The third-order valence-corrected chi connectivity index (χ3v) is 5.45. The van der Waals surface area contributed by atoms with Gasteiger partial charge in [0.05, 0.1) is 35.5 Å². The van der Waals surface area contributed by atoms with E-state index in [1.807, 2.05) is 18.2 Å². The van der Waals surface area contributed by atoms with Crippen LogP contribution in [-0.4, -0.2) is 60.0 Å². The van der Waals surface area contributed by atoms with Gasteiger partial charge in [-0.1, -0.05) is 0 Å². The minimum Gasteiger partial charge on any atom is -0.496 e. The molecule has 0 amide bonds. The van der Waals surface area contributed by atoms with Gasteiger partial charge < -0.3 is 33.9 Å². The molecule has 8 heteroatoms. The Morgan fingerprint density at radius 3 is 1.94 bits per heavy atom. The summed E-state index contributed by atoms with van der Waals surface area (Å²) in [5.41, 5.74) is 3.42. The van der Waals surface area contributed by atoms with Gasteiger partial charge in [0.15, 0.2) is 29.0 Å². The second kappa shape index (κ2) is 10.1. The van der Waals surface area contributed by atoms with Crippen LogP contribution in [0.25, 0.3) is 0 Å². The first kappa shape index (κ1) is 22.4. The highest BCUT2D eigenvalue weighted by atomic mass is 16.5. The zero-order valence-electron chi connectivity index (χ0n) is 19.1. The Kier molecular flexibility index (Phi) is 7.33. The van der Waals surface area contributed by atoms with Crippen LogP contribution in [0.3, 0.4) is 0 Å². The van der Waals surface area contributed by atoms with Gasteiger partial charge in [-0.25, -0.2) is 0 Å². The fourth-order valence-electron chi connectivity index (χ4n) is 3.80. The van der Waals surface area contributed by atoms with E-state index in [0.717, 1.165) is 48.3 Å². The molecule has 1 aliphatic heterocycles. The third-order valence-electron chi connectivity index (χ3n) is 5.45. The summed E-state index contributed by atoms with van der Waals surface area (Å²) in [6, 6.07) is 7.86. The molecule has 0 fully saturated rings. The van der Waals surface area contributed by atoms with E-state index in [1.54, 1.807) is 42.6 Å². The first-order chi connectivity index (χ1) is 15.1. The van der Waals surface area contributed by atoms with Gasteiger partial charge in [-0.15, -0.1) is 0 Å². The lowest BCUT2D eigenvalue weighted by atomic mass is 9.99. The fourth-order valence-corrected chi connectivity index (χ4v) is 3.80. The van der Waals surface area contributed by atoms with Crippen LogP contribution < -0.4 is 29.0 Å². The topological polar surface area (TPSA) is 73.8 Å². The molecule has 0 saturated heterocycles. The molecular weight excluding hydrogens is 398 g/mol. The predicted molar refractivity (Wildman–Crippen MR) is 120 cm³/mol. The van der Waals surface area contributed by atoms with Crippen LogP contribution >= 0.6 is 0 Å². The molecule has 0 radical (unpaired) electrons. The Morgan fingerprint density at radius 1 is 0.806 bits per heavy atom. The summed E-state index contributed by atoms with van der Waals surface area (Å²) in [6.07, 6.45) is 0.899. The number of rotatable bonds is 7. The lowest BCUT2D eigenvalue weighted by Crippen LogP contribution is -2.43. The first-order valence-electron chi connectivity index (χ1n) is 10.1. The van der Waals surface area contributed by atoms with Crippen molar-refractivity contribution in [2.24, 2.45) is 4.99 Å². The quantitative estimate of drug-likeness (QED) is 0.536. The van der Waals surface area contributed by atoms with E-state index in [-0.39, 0.29) is 0 Å². The lowest BCUT2D eigenvalue weighted by Gasteiger charge is -2.32. The van der Waals surface area contributed by atoms with Crippen LogP contribution in [0.5, 0.6) is 28.7 Å². The maximum Gasteiger partial charge on any atom is 0.194 e. The number of ether oxygens (including phenoxy) is 5. The summed E-state index contributed by atoms with van der Waals surface area (Å²) >= 11 is 0. The molecule has 31 heavy (non-hydrogen) atoms. The summed E-state index contributed by atoms with van der Waals surface area (Å²) in [5.74, 6) is 4.32. The number of nitrogens with one attached hydrogen (secondary N) is 1. The Morgan fingerprint density at radius 2 is 1.35 bits per heavy atom. The lowest BCUT2D eigenvalue weighted by molar-refractivity contribution is 0.344. The Bertz CT molecular complexity index is 945.